The molecular weight excluding hydrogens is 262 g/mol. The number of hydrogen-bond donors (Lipinski definition) is 1. The minimum atomic E-state index is -0.0246. The Bertz CT molecular complexity index is 627. The predicted octanol–water partition coefficient (Wildman–Crippen LogP) is 2.78. The van der Waals surface area contributed by atoms with Gasteiger partial charge in [-0.05, 0) is 37.1 Å². The van der Waals surface area contributed by atoms with Gasteiger partial charge in [-0.1, -0.05) is 24.3 Å². The number of anilines is 1. The van der Waals surface area contributed by atoms with Crippen molar-refractivity contribution in [2.24, 2.45) is 0 Å². The number of nitrogens with one attached hydrogen (secondary N) is 1. The van der Waals surface area contributed by atoms with Gasteiger partial charge >= 0.3 is 6.03 Å². The number of fused-ring (bicyclic) bond motifs is 1. The lowest BCUT2D eigenvalue weighted by molar-refractivity contribution is 0.245. The van der Waals surface area contributed by atoms with Crippen LogP contribution >= 0.6 is 0 Å². The number of aromatic nitrogens is 1. The van der Waals surface area contributed by atoms with Crippen LogP contribution in [0.15, 0.2) is 48.7 Å². The number of pyridine rings is 1. The number of para-hydroxylation sites is 1. The number of nitrogens with zero attached hydrogens (tertiary/aromatic N) is 2. The molecule has 1 aliphatic heterocycles. The Morgan fingerprint density at radius 1 is 1.29 bits per heavy atom. The number of rotatable bonds is 3. The van der Waals surface area contributed by atoms with Crippen LogP contribution in [-0.2, 0) is 12.8 Å². The lowest BCUT2D eigenvalue weighted by Crippen LogP contribution is -2.43. The molecule has 0 fully saturated rings. The lowest BCUT2D eigenvalue weighted by atomic mass is 10.1. The number of carbonyl (C=O) groups excluding carboxylic acids is 1. The zero-order valence-electron chi connectivity index (χ0n) is 12.1. The van der Waals surface area contributed by atoms with Crippen molar-refractivity contribution in [2.45, 2.75) is 25.8 Å². The molecule has 1 aromatic heterocycles. The zero-order chi connectivity index (χ0) is 14.7. The Balaban J connectivity index is 1.61. The first-order valence-electron chi connectivity index (χ1n) is 7.30. The van der Waals surface area contributed by atoms with E-state index in [9.17, 15) is 4.79 Å². The normalized spacial score (nSPS) is 16.6. The number of carbonyl (C=O) groups is 1. The van der Waals surface area contributed by atoms with Gasteiger partial charge in [0.1, 0.15) is 0 Å². The van der Waals surface area contributed by atoms with E-state index in [1.165, 1.54) is 5.56 Å². The molecule has 3 rings (SSSR count). The molecule has 0 unspecified atom stereocenters. The minimum Gasteiger partial charge on any atom is -0.337 e. The maximum absolute atomic E-state index is 12.4. The van der Waals surface area contributed by atoms with E-state index in [0.29, 0.717) is 6.54 Å². The third kappa shape index (κ3) is 2.89. The first-order chi connectivity index (χ1) is 10.3. The molecule has 1 aromatic carbocycles. The molecule has 21 heavy (non-hydrogen) atoms. The molecule has 0 bridgehead atoms. The summed E-state index contributed by atoms with van der Waals surface area (Å²) in [5.74, 6) is 0. The molecule has 0 saturated carbocycles. The summed E-state index contributed by atoms with van der Waals surface area (Å²) in [7, 11) is 0. The van der Waals surface area contributed by atoms with Crippen LogP contribution in [0, 0.1) is 0 Å². The quantitative estimate of drug-likeness (QED) is 0.940. The molecule has 2 aromatic rings. The SMILES string of the molecule is C[C@H]1Cc2ccccc2N1C(=O)NCCc1ccccn1. The largest absolute Gasteiger partial charge is 0.337 e. The number of amides is 2. The highest BCUT2D eigenvalue weighted by Gasteiger charge is 2.30. The lowest BCUT2D eigenvalue weighted by Gasteiger charge is -2.23. The highest BCUT2D eigenvalue weighted by Crippen LogP contribution is 2.31. The van der Waals surface area contributed by atoms with Gasteiger partial charge in [0.15, 0.2) is 0 Å². The van der Waals surface area contributed by atoms with Gasteiger partial charge in [-0.2, -0.15) is 0 Å². The standard InChI is InChI=1S/C17H19N3O/c1-13-12-14-6-2-3-8-16(14)20(13)17(21)19-11-9-15-7-4-5-10-18-15/h2-8,10,13H,9,11-12H2,1H3,(H,19,21)/t13-/m0/s1. The van der Waals surface area contributed by atoms with Crippen molar-refractivity contribution in [3.63, 3.8) is 0 Å². The summed E-state index contributed by atoms with van der Waals surface area (Å²) in [5.41, 5.74) is 3.26. The van der Waals surface area contributed by atoms with E-state index >= 15 is 0 Å². The van der Waals surface area contributed by atoms with E-state index in [-0.39, 0.29) is 12.1 Å². The maximum atomic E-state index is 12.4. The number of urea groups is 1. The summed E-state index contributed by atoms with van der Waals surface area (Å²) in [6, 6.07) is 14.1. The molecule has 1 N–H and O–H groups in total. The van der Waals surface area contributed by atoms with Crippen molar-refractivity contribution < 1.29 is 4.79 Å². The monoisotopic (exact) mass is 281 g/mol. The Morgan fingerprint density at radius 2 is 2.10 bits per heavy atom. The molecule has 2 heterocycles. The van der Waals surface area contributed by atoms with Crippen molar-refractivity contribution in [3.8, 4) is 0 Å². The van der Waals surface area contributed by atoms with Gasteiger partial charge in [-0.15, -0.1) is 0 Å². The molecule has 1 atom stereocenters. The van der Waals surface area contributed by atoms with Crippen LogP contribution in [0.2, 0.25) is 0 Å². The summed E-state index contributed by atoms with van der Waals surface area (Å²) in [5, 5.41) is 2.99. The smallest absolute Gasteiger partial charge is 0.322 e. The average Bonchev–Trinajstić information content (AvgIpc) is 2.84. The fraction of sp³-hybridized carbons (Fsp3) is 0.294. The van der Waals surface area contributed by atoms with E-state index in [0.717, 1.165) is 24.2 Å². The highest BCUT2D eigenvalue weighted by atomic mass is 16.2. The Kier molecular flexibility index (Phi) is 3.86. The topological polar surface area (TPSA) is 45.2 Å². The van der Waals surface area contributed by atoms with Gasteiger partial charge in [-0.3, -0.25) is 9.88 Å². The first-order valence-corrected chi connectivity index (χ1v) is 7.30. The second kappa shape index (κ2) is 5.95. The molecule has 4 heteroatoms. The predicted molar refractivity (Wildman–Crippen MR) is 83.4 cm³/mol. The van der Waals surface area contributed by atoms with Crippen molar-refractivity contribution in [3.05, 3.63) is 59.9 Å². The average molecular weight is 281 g/mol. The molecule has 4 nitrogen and oxygen atoms in total. The summed E-state index contributed by atoms with van der Waals surface area (Å²) in [4.78, 5) is 18.5. The molecule has 1 aliphatic rings. The van der Waals surface area contributed by atoms with Crippen LogP contribution in [-0.4, -0.2) is 23.6 Å². The van der Waals surface area contributed by atoms with Crippen molar-refractivity contribution >= 4 is 11.7 Å². The Hall–Kier alpha value is -2.36. The van der Waals surface area contributed by atoms with Gasteiger partial charge in [-0.25, -0.2) is 4.79 Å². The van der Waals surface area contributed by atoms with Gasteiger partial charge < -0.3 is 5.32 Å². The Labute approximate surface area is 124 Å². The fourth-order valence-corrected chi connectivity index (χ4v) is 2.80. The van der Waals surface area contributed by atoms with Gasteiger partial charge in [0, 0.05) is 36.6 Å². The van der Waals surface area contributed by atoms with Gasteiger partial charge in [0.2, 0.25) is 0 Å². The fourth-order valence-electron chi connectivity index (χ4n) is 2.80. The van der Waals surface area contributed by atoms with Crippen LogP contribution in [0.1, 0.15) is 18.2 Å². The molecule has 0 aliphatic carbocycles. The van der Waals surface area contributed by atoms with E-state index in [4.69, 9.17) is 0 Å². The molecule has 0 saturated heterocycles. The Morgan fingerprint density at radius 3 is 2.90 bits per heavy atom. The van der Waals surface area contributed by atoms with Gasteiger partial charge in [0.05, 0.1) is 0 Å². The highest BCUT2D eigenvalue weighted by molar-refractivity contribution is 5.94. The number of benzene rings is 1. The molecular formula is C17H19N3O. The number of hydrogen-bond acceptors (Lipinski definition) is 2. The minimum absolute atomic E-state index is 0.0246. The van der Waals surface area contributed by atoms with E-state index in [2.05, 4.69) is 23.3 Å². The van der Waals surface area contributed by atoms with E-state index in [1.807, 2.05) is 41.3 Å². The van der Waals surface area contributed by atoms with Crippen molar-refractivity contribution in [2.75, 3.05) is 11.4 Å². The summed E-state index contributed by atoms with van der Waals surface area (Å²) in [6.07, 6.45) is 3.44. The van der Waals surface area contributed by atoms with Crippen LogP contribution < -0.4 is 10.2 Å². The molecule has 108 valence electrons. The maximum Gasteiger partial charge on any atom is 0.322 e. The van der Waals surface area contributed by atoms with Crippen LogP contribution in [0.3, 0.4) is 0 Å². The first kappa shape index (κ1) is 13.6. The van der Waals surface area contributed by atoms with Crippen LogP contribution in [0.25, 0.3) is 0 Å². The van der Waals surface area contributed by atoms with Gasteiger partial charge in [0.25, 0.3) is 0 Å². The van der Waals surface area contributed by atoms with Crippen molar-refractivity contribution in [1.82, 2.24) is 10.3 Å². The zero-order valence-corrected chi connectivity index (χ0v) is 12.1. The third-order valence-corrected chi connectivity index (χ3v) is 3.81. The molecule has 0 spiro atoms. The summed E-state index contributed by atoms with van der Waals surface area (Å²) in [6.45, 7) is 2.68. The van der Waals surface area contributed by atoms with E-state index in [1.54, 1.807) is 6.20 Å². The molecule has 0 radical (unpaired) electrons. The second-order valence-electron chi connectivity index (χ2n) is 5.35. The summed E-state index contributed by atoms with van der Waals surface area (Å²) >= 11 is 0. The second-order valence-corrected chi connectivity index (χ2v) is 5.35. The van der Waals surface area contributed by atoms with Crippen LogP contribution in [0.4, 0.5) is 10.5 Å². The molecule has 2 amide bonds. The van der Waals surface area contributed by atoms with Crippen LogP contribution in [0.5, 0.6) is 0 Å². The van der Waals surface area contributed by atoms with E-state index < -0.39 is 0 Å². The summed E-state index contributed by atoms with van der Waals surface area (Å²) < 4.78 is 0. The third-order valence-electron chi connectivity index (χ3n) is 3.81. The van der Waals surface area contributed by atoms with Crippen molar-refractivity contribution in [1.29, 1.82) is 0 Å².